The van der Waals surface area contributed by atoms with Crippen LogP contribution in [0.15, 0.2) is 46.8 Å². The van der Waals surface area contributed by atoms with E-state index < -0.39 is 6.10 Å². The van der Waals surface area contributed by atoms with E-state index in [-0.39, 0.29) is 29.4 Å². The maximum absolute atomic E-state index is 10.4. The number of aliphatic imine (C=N–C) groups is 1. The van der Waals surface area contributed by atoms with Gasteiger partial charge in [0.1, 0.15) is 5.75 Å². The lowest BCUT2D eigenvalue weighted by Gasteiger charge is -2.22. The van der Waals surface area contributed by atoms with Crippen molar-refractivity contribution in [3.63, 3.8) is 0 Å². The van der Waals surface area contributed by atoms with Gasteiger partial charge in [-0.2, -0.15) is 0 Å². The van der Waals surface area contributed by atoms with E-state index in [4.69, 9.17) is 9.73 Å². The van der Waals surface area contributed by atoms with Gasteiger partial charge in [-0.1, -0.05) is 32.0 Å². The van der Waals surface area contributed by atoms with E-state index in [0.717, 1.165) is 17.9 Å². The molecule has 1 aromatic carbocycles. The van der Waals surface area contributed by atoms with Gasteiger partial charge in [-0.3, -0.25) is 4.99 Å². The Morgan fingerprint density at radius 1 is 1.22 bits per heavy atom. The maximum atomic E-state index is 10.4. The highest BCUT2D eigenvalue weighted by molar-refractivity contribution is 14.0. The Morgan fingerprint density at radius 2 is 1.93 bits per heavy atom. The first kappa shape index (κ1) is 23.7. The monoisotopic (exact) mass is 503 g/mol. The van der Waals surface area contributed by atoms with Crippen LogP contribution in [0.1, 0.15) is 37.3 Å². The Bertz CT molecular complexity index is 688. The smallest absolute Gasteiger partial charge is 0.191 e. The number of nitrogens with one attached hydrogen (secondary N) is 2. The second kappa shape index (κ2) is 11.5. The molecule has 2 aromatic rings. The molecule has 150 valence electrons. The van der Waals surface area contributed by atoms with Crippen molar-refractivity contribution in [1.29, 1.82) is 0 Å². The average molecular weight is 503 g/mol. The molecule has 0 saturated carbocycles. The largest absolute Gasteiger partial charge is 0.497 e. The van der Waals surface area contributed by atoms with Crippen molar-refractivity contribution in [3.8, 4) is 5.75 Å². The summed E-state index contributed by atoms with van der Waals surface area (Å²) < 4.78 is 5.15. The number of hydrogen-bond donors (Lipinski definition) is 3. The molecule has 0 saturated heterocycles. The van der Waals surface area contributed by atoms with Gasteiger partial charge in [-0.25, -0.2) is 0 Å². The van der Waals surface area contributed by atoms with Gasteiger partial charge in [0.2, 0.25) is 0 Å². The molecule has 1 atom stereocenters. The van der Waals surface area contributed by atoms with Crippen LogP contribution < -0.4 is 15.4 Å². The Labute approximate surface area is 183 Å². The highest BCUT2D eigenvalue weighted by atomic mass is 127. The van der Waals surface area contributed by atoms with Crippen LogP contribution in [0.25, 0.3) is 0 Å². The van der Waals surface area contributed by atoms with Gasteiger partial charge in [-0.05, 0) is 36.1 Å². The number of rotatable bonds is 8. The topological polar surface area (TPSA) is 65.9 Å². The second-order valence-electron chi connectivity index (χ2n) is 6.73. The Morgan fingerprint density at radius 3 is 2.48 bits per heavy atom. The number of benzene rings is 1. The molecule has 0 amide bonds. The predicted molar refractivity (Wildman–Crippen MR) is 125 cm³/mol. The van der Waals surface area contributed by atoms with Crippen molar-refractivity contribution in [3.05, 3.63) is 52.2 Å². The molecular weight excluding hydrogens is 473 g/mol. The fourth-order valence-corrected chi connectivity index (χ4v) is 3.34. The normalized spacial score (nSPS) is 12.9. The van der Waals surface area contributed by atoms with E-state index in [1.807, 2.05) is 31.2 Å². The standard InChI is InChI=1S/C20H29N3O2S.HI/c1-5-21-19(23-14-20(2,3)18-7-6-12-26-18)22-13-17(24)15-8-10-16(25-4)11-9-15;/h6-12,17,24H,5,13-14H2,1-4H3,(H2,21,22,23);1H. The molecule has 1 aromatic heterocycles. The molecule has 0 aliphatic rings. The quantitative estimate of drug-likeness (QED) is 0.290. The summed E-state index contributed by atoms with van der Waals surface area (Å²) in [6.45, 7) is 8.24. The van der Waals surface area contributed by atoms with Crippen molar-refractivity contribution in [1.82, 2.24) is 10.6 Å². The molecule has 7 heteroatoms. The number of halogens is 1. The SMILES string of the molecule is CCNC(=NCC(C)(C)c1cccs1)NCC(O)c1ccc(OC)cc1.I. The summed E-state index contributed by atoms with van der Waals surface area (Å²) >= 11 is 1.75. The fourth-order valence-electron chi connectivity index (χ4n) is 2.50. The van der Waals surface area contributed by atoms with Crippen molar-refractivity contribution in [2.24, 2.45) is 4.99 Å². The zero-order chi connectivity index (χ0) is 19.0. The van der Waals surface area contributed by atoms with Gasteiger partial charge >= 0.3 is 0 Å². The molecule has 0 aliphatic carbocycles. The summed E-state index contributed by atoms with van der Waals surface area (Å²) in [5.41, 5.74) is 0.818. The van der Waals surface area contributed by atoms with E-state index in [1.54, 1.807) is 18.4 Å². The van der Waals surface area contributed by atoms with Gasteiger partial charge in [-0.15, -0.1) is 35.3 Å². The molecular formula is C20H30IN3O2S. The van der Waals surface area contributed by atoms with Gasteiger partial charge in [0, 0.05) is 23.4 Å². The molecule has 0 spiro atoms. The molecule has 0 aliphatic heterocycles. The van der Waals surface area contributed by atoms with Crippen LogP contribution in [0.4, 0.5) is 0 Å². The molecule has 1 heterocycles. The minimum absolute atomic E-state index is 0. The van der Waals surface area contributed by atoms with Crippen molar-refractivity contribution in [2.45, 2.75) is 32.3 Å². The zero-order valence-electron chi connectivity index (χ0n) is 16.4. The Hall–Kier alpha value is -1.32. The first-order valence-corrected chi connectivity index (χ1v) is 9.72. The first-order chi connectivity index (χ1) is 12.5. The lowest BCUT2D eigenvalue weighted by Crippen LogP contribution is -2.40. The van der Waals surface area contributed by atoms with E-state index in [1.165, 1.54) is 4.88 Å². The van der Waals surface area contributed by atoms with Crippen molar-refractivity contribution >= 4 is 41.3 Å². The summed E-state index contributed by atoms with van der Waals surface area (Å²) in [5, 5.41) is 19.0. The summed E-state index contributed by atoms with van der Waals surface area (Å²) in [4.78, 5) is 6.02. The van der Waals surface area contributed by atoms with Gasteiger partial charge in [0.15, 0.2) is 5.96 Å². The van der Waals surface area contributed by atoms with Crippen LogP contribution in [0.5, 0.6) is 5.75 Å². The zero-order valence-corrected chi connectivity index (χ0v) is 19.5. The molecule has 0 radical (unpaired) electrons. The van der Waals surface area contributed by atoms with Gasteiger partial charge < -0.3 is 20.5 Å². The van der Waals surface area contributed by atoms with Gasteiger partial charge in [0.25, 0.3) is 0 Å². The number of thiophene rings is 1. The molecule has 5 nitrogen and oxygen atoms in total. The number of aliphatic hydroxyl groups excluding tert-OH is 1. The summed E-state index contributed by atoms with van der Waals surface area (Å²) in [6.07, 6.45) is -0.616. The van der Waals surface area contributed by atoms with Crippen LogP contribution in [0, 0.1) is 0 Å². The van der Waals surface area contributed by atoms with Gasteiger partial charge in [0.05, 0.1) is 19.8 Å². The summed E-state index contributed by atoms with van der Waals surface area (Å²) in [6, 6.07) is 11.7. The molecule has 3 N–H and O–H groups in total. The molecule has 27 heavy (non-hydrogen) atoms. The number of aliphatic hydroxyl groups is 1. The van der Waals surface area contributed by atoms with Crippen LogP contribution >= 0.6 is 35.3 Å². The Kier molecular flexibility index (Phi) is 10.1. The average Bonchev–Trinajstić information content (AvgIpc) is 3.19. The van der Waals surface area contributed by atoms with E-state index >= 15 is 0 Å². The predicted octanol–water partition coefficient (Wildman–Crippen LogP) is 3.94. The van der Waals surface area contributed by atoms with Crippen LogP contribution in [-0.2, 0) is 5.41 Å². The van der Waals surface area contributed by atoms with Crippen LogP contribution in [-0.4, -0.2) is 37.8 Å². The minimum Gasteiger partial charge on any atom is -0.497 e. The van der Waals surface area contributed by atoms with E-state index in [0.29, 0.717) is 19.0 Å². The molecule has 0 fully saturated rings. The van der Waals surface area contributed by atoms with Crippen LogP contribution in [0.2, 0.25) is 0 Å². The third kappa shape index (κ3) is 7.31. The van der Waals surface area contributed by atoms with Crippen molar-refractivity contribution in [2.75, 3.05) is 26.7 Å². The minimum atomic E-state index is -0.616. The summed E-state index contributed by atoms with van der Waals surface area (Å²) in [5.74, 6) is 1.49. The van der Waals surface area contributed by atoms with Crippen LogP contribution in [0.3, 0.4) is 0 Å². The maximum Gasteiger partial charge on any atom is 0.191 e. The first-order valence-electron chi connectivity index (χ1n) is 8.84. The number of methoxy groups -OCH3 is 1. The van der Waals surface area contributed by atoms with E-state index in [2.05, 4.69) is 42.0 Å². The number of nitrogens with zero attached hydrogens (tertiary/aromatic N) is 1. The second-order valence-corrected chi connectivity index (χ2v) is 7.67. The van der Waals surface area contributed by atoms with Crippen molar-refractivity contribution < 1.29 is 9.84 Å². The number of ether oxygens (including phenoxy) is 1. The third-order valence-electron chi connectivity index (χ3n) is 4.13. The third-order valence-corrected chi connectivity index (χ3v) is 5.36. The lowest BCUT2D eigenvalue weighted by atomic mass is 9.92. The summed E-state index contributed by atoms with van der Waals surface area (Å²) in [7, 11) is 1.63. The highest BCUT2D eigenvalue weighted by Crippen LogP contribution is 2.27. The highest BCUT2D eigenvalue weighted by Gasteiger charge is 2.21. The number of hydrogen-bond acceptors (Lipinski definition) is 4. The lowest BCUT2D eigenvalue weighted by molar-refractivity contribution is 0.180. The molecule has 1 unspecified atom stereocenters. The van der Waals surface area contributed by atoms with E-state index in [9.17, 15) is 5.11 Å². The fraction of sp³-hybridized carbons (Fsp3) is 0.450. The number of guanidine groups is 1. The Balaban J connectivity index is 0.00000364. The molecule has 2 rings (SSSR count). The molecule has 0 bridgehead atoms.